The maximum absolute atomic E-state index is 12.5. The molecule has 9 heteroatoms. The van der Waals surface area contributed by atoms with Crippen LogP contribution < -0.4 is 10.9 Å². The van der Waals surface area contributed by atoms with Gasteiger partial charge in [-0.05, 0) is 19.1 Å². The number of pyridine rings is 1. The largest absolute Gasteiger partial charge is 0.449 e. The smallest absolute Gasteiger partial charge is 0.339 e. The van der Waals surface area contributed by atoms with Gasteiger partial charge in [0.25, 0.3) is 11.6 Å². The summed E-state index contributed by atoms with van der Waals surface area (Å²) in [5, 5.41) is 13.7. The maximum atomic E-state index is 12.5. The molecule has 0 bridgehead atoms. The van der Waals surface area contributed by atoms with Crippen molar-refractivity contribution in [3.8, 4) is 0 Å². The van der Waals surface area contributed by atoms with Crippen LogP contribution in [0.15, 0.2) is 59.4 Å². The standard InChI is InChI=1S/C19H15N3O6/c1-11(18(24)20-12-5-4-6-13(9-12)22(26)27)28-19(25)15-10-17(23)21-16-8-3-2-7-14(15)16/h2-11H,1H3,(H,20,24)(H,21,23)/t11-/m1/s1. The first-order valence-electron chi connectivity index (χ1n) is 8.23. The molecule has 142 valence electrons. The molecule has 0 aliphatic rings. The number of para-hydroxylation sites is 1. The molecule has 28 heavy (non-hydrogen) atoms. The Bertz CT molecular complexity index is 1140. The lowest BCUT2D eigenvalue weighted by Crippen LogP contribution is -2.30. The highest BCUT2D eigenvalue weighted by Crippen LogP contribution is 2.19. The van der Waals surface area contributed by atoms with Gasteiger partial charge in [-0.25, -0.2) is 4.79 Å². The number of carbonyl (C=O) groups excluding carboxylic acids is 2. The van der Waals surface area contributed by atoms with Gasteiger partial charge >= 0.3 is 5.97 Å². The van der Waals surface area contributed by atoms with Gasteiger partial charge in [0, 0.05) is 34.8 Å². The van der Waals surface area contributed by atoms with Crippen molar-refractivity contribution in [2.24, 2.45) is 0 Å². The predicted molar refractivity (Wildman–Crippen MR) is 101 cm³/mol. The van der Waals surface area contributed by atoms with E-state index in [1.165, 1.54) is 31.2 Å². The van der Waals surface area contributed by atoms with Crippen LogP contribution in [0.2, 0.25) is 0 Å². The second-order valence-electron chi connectivity index (χ2n) is 5.94. The highest BCUT2D eigenvalue weighted by atomic mass is 16.6. The summed E-state index contributed by atoms with van der Waals surface area (Å²) in [6.07, 6.45) is -1.19. The van der Waals surface area contributed by atoms with Crippen LogP contribution in [0.5, 0.6) is 0 Å². The van der Waals surface area contributed by atoms with Crippen LogP contribution in [0.1, 0.15) is 17.3 Å². The second-order valence-corrected chi connectivity index (χ2v) is 5.94. The van der Waals surface area contributed by atoms with Crippen LogP contribution in [0.4, 0.5) is 11.4 Å². The number of anilines is 1. The summed E-state index contributed by atoms with van der Waals surface area (Å²) in [5.74, 6) is -1.49. The first-order valence-corrected chi connectivity index (χ1v) is 8.23. The number of amides is 1. The van der Waals surface area contributed by atoms with Gasteiger partial charge in [-0.1, -0.05) is 24.3 Å². The zero-order valence-corrected chi connectivity index (χ0v) is 14.7. The molecule has 1 heterocycles. The lowest BCUT2D eigenvalue weighted by atomic mass is 10.1. The normalized spacial score (nSPS) is 11.6. The minimum absolute atomic E-state index is 0.0364. The molecule has 0 aliphatic carbocycles. The first-order chi connectivity index (χ1) is 13.3. The number of nitrogens with zero attached hydrogens (tertiary/aromatic N) is 1. The molecule has 0 aliphatic heterocycles. The van der Waals surface area contributed by atoms with Crippen molar-refractivity contribution in [3.63, 3.8) is 0 Å². The van der Waals surface area contributed by atoms with E-state index in [4.69, 9.17) is 4.74 Å². The van der Waals surface area contributed by atoms with Crippen molar-refractivity contribution >= 4 is 34.2 Å². The van der Waals surface area contributed by atoms with Crippen LogP contribution in [-0.2, 0) is 9.53 Å². The van der Waals surface area contributed by atoms with Crippen molar-refractivity contribution < 1.29 is 19.2 Å². The summed E-state index contributed by atoms with van der Waals surface area (Å²) in [4.78, 5) is 49.3. The average molecular weight is 381 g/mol. The molecule has 0 fully saturated rings. The summed E-state index contributed by atoms with van der Waals surface area (Å²) in [5.41, 5.74) is 0.0467. The summed E-state index contributed by atoms with van der Waals surface area (Å²) in [7, 11) is 0. The Morgan fingerprint density at radius 3 is 2.64 bits per heavy atom. The number of hydrogen-bond acceptors (Lipinski definition) is 6. The van der Waals surface area contributed by atoms with Crippen LogP contribution in [0.25, 0.3) is 10.9 Å². The molecule has 9 nitrogen and oxygen atoms in total. The zero-order chi connectivity index (χ0) is 20.3. The molecule has 1 atom stereocenters. The number of fused-ring (bicyclic) bond motifs is 1. The monoisotopic (exact) mass is 381 g/mol. The molecule has 3 rings (SSSR count). The van der Waals surface area contributed by atoms with Crippen LogP contribution in [-0.4, -0.2) is 27.9 Å². The van der Waals surface area contributed by atoms with Crippen molar-refractivity contribution in [2.75, 3.05) is 5.32 Å². The van der Waals surface area contributed by atoms with Crippen LogP contribution in [0, 0.1) is 10.1 Å². The highest BCUT2D eigenvalue weighted by molar-refractivity contribution is 6.04. The molecule has 3 aromatic rings. The van der Waals surface area contributed by atoms with E-state index < -0.39 is 28.5 Å². The lowest BCUT2D eigenvalue weighted by molar-refractivity contribution is -0.384. The molecule has 0 unspecified atom stereocenters. The predicted octanol–water partition coefficient (Wildman–Crippen LogP) is 2.62. The SMILES string of the molecule is C[C@@H](OC(=O)c1cc(=O)[nH]c2ccccc12)C(=O)Nc1cccc([N+](=O)[O-])c1. The fourth-order valence-electron chi connectivity index (χ4n) is 2.59. The molecule has 0 saturated carbocycles. The number of benzene rings is 2. The fraction of sp³-hybridized carbons (Fsp3) is 0.105. The number of non-ortho nitro benzene ring substituents is 1. The number of esters is 1. The molecule has 2 N–H and O–H groups in total. The number of nitro benzene ring substituents is 1. The molecule has 0 radical (unpaired) electrons. The second kappa shape index (κ2) is 7.70. The van der Waals surface area contributed by atoms with E-state index in [0.717, 1.165) is 6.07 Å². The van der Waals surface area contributed by atoms with Crippen molar-refractivity contribution in [2.45, 2.75) is 13.0 Å². The summed E-state index contributed by atoms with van der Waals surface area (Å²) in [6, 6.07) is 13.2. The third-order valence-electron chi connectivity index (χ3n) is 3.95. The Hall–Kier alpha value is -4.01. The summed E-state index contributed by atoms with van der Waals surface area (Å²) in [6.45, 7) is 1.36. The Kier molecular flexibility index (Phi) is 5.16. The number of carbonyl (C=O) groups is 2. The minimum Gasteiger partial charge on any atom is -0.449 e. The highest BCUT2D eigenvalue weighted by Gasteiger charge is 2.21. The van der Waals surface area contributed by atoms with E-state index in [0.29, 0.717) is 10.9 Å². The van der Waals surface area contributed by atoms with E-state index in [1.807, 2.05) is 0 Å². The van der Waals surface area contributed by atoms with Gasteiger partial charge in [0.1, 0.15) is 0 Å². The van der Waals surface area contributed by atoms with E-state index >= 15 is 0 Å². The molecular formula is C19H15N3O6. The topological polar surface area (TPSA) is 131 Å². The summed E-state index contributed by atoms with van der Waals surface area (Å²) >= 11 is 0. The number of H-pyrrole nitrogens is 1. The molecule has 0 saturated heterocycles. The number of rotatable bonds is 5. The zero-order valence-electron chi connectivity index (χ0n) is 14.7. The third kappa shape index (κ3) is 4.04. The van der Waals surface area contributed by atoms with Crippen molar-refractivity contribution in [1.82, 2.24) is 4.98 Å². The van der Waals surface area contributed by atoms with E-state index in [1.54, 1.807) is 24.3 Å². The van der Waals surface area contributed by atoms with E-state index in [2.05, 4.69) is 10.3 Å². The Labute approximate surface area is 158 Å². The molecular weight excluding hydrogens is 366 g/mol. The number of ether oxygens (including phenoxy) is 1. The third-order valence-corrected chi connectivity index (χ3v) is 3.95. The molecule has 1 aromatic heterocycles. The van der Waals surface area contributed by atoms with Gasteiger partial charge in [0.15, 0.2) is 6.10 Å². The molecule has 1 amide bonds. The number of hydrogen-bond donors (Lipinski definition) is 2. The summed E-state index contributed by atoms with van der Waals surface area (Å²) < 4.78 is 5.17. The molecule has 0 spiro atoms. The maximum Gasteiger partial charge on any atom is 0.339 e. The fourth-order valence-corrected chi connectivity index (χ4v) is 2.59. The Balaban J connectivity index is 1.76. The van der Waals surface area contributed by atoms with Gasteiger partial charge in [-0.2, -0.15) is 0 Å². The first kappa shape index (κ1) is 18.8. The number of aromatic amines is 1. The average Bonchev–Trinajstić information content (AvgIpc) is 2.67. The molecule has 2 aromatic carbocycles. The Morgan fingerprint density at radius 2 is 1.89 bits per heavy atom. The number of aromatic nitrogens is 1. The lowest BCUT2D eigenvalue weighted by Gasteiger charge is -2.14. The minimum atomic E-state index is -1.19. The number of nitrogens with one attached hydrogen (secondary N) is 2. The van der Waals surface area contributed by atoms with E-state index in [9.17, 15) is 24.5 Å². The van der Waals surface area contributed by atoms with Gasteiger partial charge in [-0.15, -0.1) is 0 Å². The van der Waals surface area contributed by atoms with E-state index in [-0.39, 0.29) is 16.9 Å². The van der Waals surface area contributed by atoms with Crippen molar-refractivity contribution in [1.29, 1.82) is 0 Å². The van der Waals surface area contributed by atoms with Crippen LogP contribution >= 0.6 is 0 Å². The van der Waals surface area contributed by atoms with Gasteiger partial charge in [-0.3, -0.25) is 19.7 Å². The van der Waals surface area contributed by atoms with Gasteiger partial charge < -0.3 is 15.0 Å². The Morgan fingerprint density at radius 1 is 1.14 bits per heavy atom. The number of nitro groups is 1. The van der Waals surface area contributed by atoms with Crippen molar-refractivity contribution in [3.05, 3.63) is 80.6 Å². The van der Waals surface area contributed by atoms with Gasteiger partial charge in [0.2, 0.25) is 5.56 Å². The van der Waals surface area contributed by atoms with Gasteiger partial charge in [0.05, 0.1) is 10.5 Å². The van der Waals surface area contributed by atoms with Crippen LogP contribution in [0.3, 0.4) is 0 Å². The quantitative estimate of drug-likeness (QED) is 0.397.